The van der Waals surface area contributed by atoms with Gasteiger partial charge < -0.3 is 19.7 Å². The maximum absolute atomic E-state index is 10.6. The quantitative estimate of drug-likeness (QED) is 0.731. The van der Waals surface area contributed by atoms with Gasteiger partial charge in [0.2, 0.25) is 0 Å². The van der Waals surface area contributed by atoms with Crippen molar-refractivity contribution >= 4 is 0 Å². The molecule has 2 aromatic carbocycles. The minimum absolute atomic E-state index is 0.00616. The molecule has 0 spiro atoms. The zero-order chi connectivity index (χ0) is 19.9. The number of rotatable bonds is 8. The summed E-state index contributed by atoms with van der Waals surface area (Å²) in [5.74, 6) is 2.06. The van der Waals surface area contributed by atoms with Crippen molar-refractivity contribution in [3.05, 3.63) is 59.7 Å². The monoisotopic (exact) mass is 385 g/mol. The summed E-state index contributed by atoms with van der Waals surface area (Å²) in [6.07, 6.45) is 0.0359. The number of aliphatic hydroxyl groups is 2. The first-order valence-electron chi connectivity index (χ1n) is 10.1. The van der Waals surface area contributed by atoms with Gasteiger partial charge in [0.15, 0.2) is 0 Å². The van der Waals surface area contributed by atoms with Crippen LogP contribution in [0.3, 0.4) is 0 Å². The summed E-state index contributed by atoms with van der Waals surface area (Å²) < 4.78 is 11.7. The average Bonchev–Trinajstić information content (AvgIpc) is 2.69. The highest BCUT2D eigenvalue weighted by Crippen LogP contribution is 2.26. The Hall–Kier alpha value is -2.08. The first-order valence-corrected chi connectivity index (χ1v) is 10.1. The van der Waals surface area contributed by atoms with Crippen LogP contribution >= 0.6 is 0 Å². The maximum atomic E-state index is 10.6. The van der Waals surface area contributed by atoms with Gasteiger partial charge in [-0.05, 0) is 36.1 Å². The van der Waals surface area contributed by atoms with Crippen LogP contribution in [-0.2, 0) is 6.54 Å². The smallest absolute Gasteiger partial charge is 0.127 e. The van der Waals surface area contributed by atoms with Crippen LogP contribution in [-0.4, -0.2) is 53.6 Å². The molecule has 0 aromatic heterocycles. The van der Waals surface area contributed by atoms with E-state index in [9.17, 15) is 5.11 Å². The standard InChI is InChI=1S/C23H31NO4/c1-17(2)18-7-5-8-20(14-18)28-23-10-11-24(16-21(23)26)15-19-6-3-4-9-22(19)27-13-12-25/h3-9,14,17,21,23,25-26H,10-13,15-16H2,1-2H3/t21-,23-/m1/s1. The summed E-state index contributed by atoms with van der Waals surface area (Å²) in [7, 11) is 0. The van der Waals surface area contributed by atoms with E-state index < -0.39 is 6.10 Å². The largest absolute Gasteiger partial charge is 0.491 e. The first kappa shape index (κ1) is 20.6. The molecular formula is C23H31NO4. The molecule has 5 heteroatoms. The third-order valence-electron chi connectivity index (χ3n) is 5.13. The second-order valence-corrected chi connectivity index (χ2v) is 7.65. The molecule has 1 aliphatic rings. The topological polar surface area (TPSA) is 62.2 Å². The number of hydrogen-bond acceptors (Lipinski definition) is 5. The predicted molar refractivity (Wildman–Crippen MR) is 110 cm³/mol. The molecule has 2 N–H and O–H groups in total. The zero-order valence-electron chi connectivity index (χ0n) is 16.8. The molecule has 28 heavy (non-hydrogen) atoms. The first-order chi connectivity index (χ1) is 13.6. The third kappa shape index (κ3) is 5.47. The van der Waals surface area contributed by atoms with Gasteiger partial charge in [0, 0.05) is 25.2 Å². The van der Waals surface area contributed by atoms with E-state index in [-0.39, 0.29) is 19.3 Å². The minimum Gasteiger partial charge on any atom is -0.491 e. The van der Waals surface area contributed by atoms with Crippen LogP contribution in [0.1, 0.15) is 37.3 Å². The Morgan fingerprint density at radius 2 is 1.96 bits per heavy atom. The Morgan fingerprint density at radius 3 is 2.71 bits per heavy atom. The van der Waals surface area contributed by atoms with Gasteiger partial charge in [0.05, 0.1) is 6.61 Å². The third-order valence-corrected chi connectivity index (χ3v) is 5.13. The van der Waals surface area contributed by atoms with Crippen LogP contribution in [0.25, 0.3) is 0 Å². The lowest BCUT2D eigenvalue weighted by Crippen LogP contribution is -2.48. The Labute approximate surface area is 167 Å². The second kappa shape index (κ2) is 9.92. The summed E-state index contributed by atoms with van der Waals surface area (Å²) in [6, 6.07) is 16.0. The molecule has 0 bridgehead atoms. The van der Waals surface area contributed by atoms with E-state index >= 15 is 0 Å². The van der Waals surface area contributed by atoms with E-state index in [2.05, 4.69) is 30.9 Å². The molecule has 0 radical (unpaired) electrons. The lowest BCUT2D eigenvalue weighted by atomic mass is 10.0. The van der Waals surface area contributed by atoms with Gasteiger partial charge in [-0.1, -0.05) is 44.2 Å². The van der Waals surface area contributed by atoms with Crippen LogP contribution in [0, 0.1) is 0 Å². The van der Waals surface area contributed by atoms with E-state index in [1.807, 2.05) is 36.4 Å². The van der Waals surface area contributed by atoms with Crippen LogP contribution in [0.5, 0.6) is 11.5 Å². The van der Waals surface area contributed by atoms with Crippen molar-refractivity contribution in [1.82, 2.24) is 4.90 Å². The summed E-state index contributed by atoms with van der Waals surface area (Å²) in [6.45, 7) is 6.71. The summed E-state index contributed by atoms with van der Waals surface area (Å²) in [4.78, 5) is 2.22. The lowest BCUT2D eigenvalue weighted by Gasteiger charge is -2.36. The molecule has 3 rings (SSSR count). The van der Waals surface area contributed by atoms with Crippen molar-refractivity contribution in [3.8, 4) is 11.5 Å². The lowest BCUT2D eigenvalue weighted by molar-refractivity contribution is -0.0277. The van der Waals surface area contributed by atoms with Crippen LogP contribution in [0.2, 0.25) is 0 Å². The number of piperidine rings is 1. The molecule has 0 unspecified atom stereocenters. The molecule has 0 saturated carbocycles. The number of nitrogens with zero attached hydrogens (tertiary/aromatic N) is 1. The summed E-state index contributed by atoms with van der Waals surface area (Å²) >= 11 is 0. The number of ether oxygens (including phenoxy) is 2. The van der Waals surface area contributed by atoms with Crippen molar-refractivity contribution in [3.63, 3.8) is 0 Å². The van der Waals surface area contributed by atoms with Crippen LogP contribution in [0.4, 0.5) is 0 Å². The van der Waals surface area contributed by atoms with Crippen LogP contribution in [0.15, 0.2) is 48.5 Å². The number of aliphatic hydroxyl groups excluding tert-OH is 2. The number of likely N-dealkylation sites (tertiary alicyclic amines) is 1. The SMILES string of the molecule is CC(C)c1cccc(O[C@@H]2CCN(Cc3ccccc3OCCO)C[C@H]2O)c1. The number of hydrogen-bond donors (Lipinski definition) is 2. The molecular weight excluding hydrogens is 354 g/mol. The van der Waals surface area contributed by atoms with Gasteiger partial charge in [-0.25, -0.2) is 0 Å². The molecule has 1 fully saturated rings. The molecule has 1 saturated heterocycles. The van der Waals surface area contributed by atoms with Gasteiger partial charge >= 0.3 is 0 Å². The van der Waals surface area contributed by atoms with Gasteiger partial charge in [0.1, 0.15) is 30.3 Å². The van der Waals surface area contributed by atoms with E-state index in [4.69, 9.17) is 14.6 Å². The number of para-hydroxylation sites is 1. The Morgan fingerprint density at radius 1 is 1.14 bits per heavy atom. The van der Waals surface area contributed by atoms with Gasteiger partial charge in [-0.15, -0.1) is 0 Å². The zero-order valence-corrected chi connectivity index (χ0v) is 16.8. The molecule has 2 atom stereocenters. The van der Waals surface area contributed by atoms with Crippen LogP contribution < -0.4 is 9.47 Å². The molecule has 1 aliphatic heterocycles. The molecule has 152 valence electrons. The van der Waals surface area contributed by atoms with E-state index in [0.29, 0.717) is 19.0 Å². The van der Waals surface area contributed by atoms with Gasteiger partial charge in [-0.2, -0.15) is 0 Å². The van der Waals surface area contributed by atoms with Crippen molar-refractivity contribution in [2.45, 2.75) is 44.9 Å². The van der Waals surface area contributed by atoms with Crippen molar-refractivity contribution in [2.24, 2.45) is 0 Å². The second-order valence-electron chi connectivity index (χ2n) is 7.65. The fourth-order valence-electron chi connectivity index (χ4n) is 3.55. The fourth-order valence-corrected chi connectivity index (χ4v) is 3.55. The molecule has 1 heterocycles. The molecule has 5 nitrogen and oxygen atoms in total. The summed E-state index contributed by atoms with van der Waals surface area (Å²) in [5, 5.41) is 19.6. The van der Waals surface area contributed by atoms with Gasteiger partial charge in [-0.3, -0.25) is 4.90 Å². The number of benzene rings is 2. The Kier molecular flexibility index (Phi) is 7.31. The molecule has 2 aromatic rings. The normalized spacial score (nSPS) is 20.3. The number of β-amino-alcohol motifs (C(OH)–C–C–N with tert-alkyl or cyclic N) is 1. The van der Waals surface area contributed by atoms with Crippen molar-refractivity contribution in [2.75, 3.05) is 26.3 Å². The molecule has 0 aliphatic carbocycles. The molecule has 0 amide bonds. The fraction of sp³-hybridized carbons (Fsp3) is 0.478. The Balaban J connectivity index is 1.58. The highest BCUT2D eigenvalue weighted by molar-refractivity contribution is 5.33. The maximum Gasteiger partial charge on any atom is 0.127 e. The predicted octanol–water partition coefficient (Wildman–Crippen LogP) is 3.20. The average molecular weight is 386 g/mol. The van der Waals surface area contributed by atoms with Crippen molar-refractivity contribution in [1.29, 1.82) is 0 Å². The van der Waals surface area contributed by atoms with E-state index in [1.54, 1.807) is 0 Å². The minimum atomic E-state index is -0.540. The Bertz CT molecular complexity index is 749. The highest BCUT2D eigenvalue weighted by atomic mass is 16.5. The van der Waals surface area contributed by atoms with Gasteiger partial charge in [0.25, 0.3) is 0 Å². The highest BCUT2D eigenvalue weighted by Gasteiger charge is 2.29. The van der Waals surface area contributed by atoms with E-state index in [0.717, 1.165) is 30.0 Å². The van der Waals surface area contributed by atoms with E-state index in [1.165, 1.54) is 5.56 Å². The van der Waals surface area contributed by atoms with Crippen molar-refractivity contribution < 1.29 is 19.7 Å². The summed E-state index contributed by atoms with van der Waals surface area (Å²) in [5.41, 5.74) is 2.30.